The molecule has 0 bridgehead atoms. The van der Waals surface area contributed by atoms with Crippen LogP contribution >= 0.6 is 11.8 Å². The van der Waals surface area contributed by atoms with Crippen LogP contribution in [0.25, 0.3) is 27.9 Å². The molecule has 0 radical (unpaired) electrons. The largest absolute Gasteiger partial charge is 0.322 e. The molecule has 0 saturated carbocycles. The number of rotatable bonds is 4. The van der Waals surface area contributed by atoms with Crippen LogP contribution in [-0.4, -0.2) is 23.6 Å². The molecule has 0 aliphatic carbocycles. The quantitative estimate of drug-likeness (QED) is 0.332. The lowest BCUT2D eigenvalue weighted by atomic mass is 10.1. The molecule has 4 aromatic heterocycles. The van der Waals surface area contributed by atoms with Crippen molar-refractivity contribution in [3.63, 3.8) is 0 Å². The van der Waals surface area contributed by atoms with Gasteiger partial charge < -0.3 is 4.40 Å². The first-order valence-corrected chi connectivity index (χ1v) is 12.1. The Labute approximate surface area is 204 Å². The summed E-state index contributed by atoms with van der Waals surface area (Å²) in [7, 11) is 0. The lowest BCUT2D eigenvalue weighted by Crippen LogP contribution is -2.22. The predicted molar refractivity (Wildman–Crippen MR) is 137 cm³/mol. The van der Waals surface area contributed by atoms with Crippen LogP contribution in [0.1, 0.15) is 22.3 Å². The van der Waals surface area contributed by atoms with Crippen LogP contribution in [0, 0.1) is 25.2 Å². The second kappa shape index (κ2) is 8.15. The summed E-state index contributed by atoms with van der Waals surface area (Å²) in [6, 6.07) is 21.7. The van der Waals surface area contributed by atoms with E-state index in [1.807, 2.05) is 95.7 Å². The third kappa shape index (κ3) is 3.32. The third-order valence-electron chi connectivity index (χ3n) is 6.23. The molecule has 2 aromatic carbocycles. The highest BCUT2D eigenvalue weighted by atomic mass is 32.2. The average molecular weight is 477 g/mol. The van der Waals surface area contributed by atoms with E-state index in [0.29, 0.717) is 27.6 Å². The van der Waals surface area contributed by atoms with Crippen LogP contribution in [0.3, 0.4) is 0 Å². The maximum absolute atomic E-state index is 13.6. The van der Waals surface area contributed by atoms with Gasteiger partial charge >= 0.3 is 0 Å². The van der Waals surface area contributed by atoms with Crippen molar-refractivity contribution in [2.24, 2.45) is 0 Å². The second-order valence-corrected chi connectivity index (χ2v) is 9.43. The Bertz CT molecular complexity index is 1870. The Kier molecular flexibility index (Phi) is 4.94. The van der Waals surface area contributed by atoms with Gasteiger partial charge in [0.1, 0.15) is 6.07 Å². The van der Waals surface area contributed by atoms with Crippen LogP contribution in [0.5, 0.6) is 0 Å². The highest BCUT2D eigenvalue weighted by molar-refractivity contribution is 7.98. The molecule has 0 aliphatic rings. The number of fused-ring (bicyclic) bond motifs is 4. The number of benzene rings is 2. The zero-order valence-corrected chi connectivity index (χ0v) is 20.0. The zero-order chi connectivity index (χ0) is 24.1. The van der Waals surface area contributed by atoms with Gasteiger partial charge in [-0.3, -0.25) is 9.20 Å². The van der Waals surface area contributed by atoms with Crippen LogP contribution in [0.2, 0.25) is 0 Å². The first-order chi connectivity index (χ1) is 17.1. The Morgan fingerprint density at radius 2 is 1.80 bits per heavy atom. The number of para-hydroxylation sites is 1. The molecule has 6 aromatic rings. The maximum Gasteiger partial charge on any atom is 0.267 e. The molecule has 0 unspecified atom stereocenters. The minimum atomic E-state index is -0.129. The van der Waals surface area contributed by atoms with Crippen molar-refractivity contribution in [2.75, 3.05) is 0 Å². The van der Waals surface area contributed by atoms with Gasteiger partial charge in [0, 0.05) is 18.1 Å². The fraction of sp³-hybridized carbons (Fsp3) is 0.111. The number of aromatic nitrogens is 5. The second-order valence-electron chi connectivity index (χ2n) is 8.49. The van der Waals surface area contributed by atoms with Gasteiger partial charge in [-0.25, -0.2) is 4.57 Å². The topological polar surface area (TPSA) is 80.4 Å². The summed E-state index contributed by atoms with van der Waals surface area (Å²) >= 11 is 1.50. The number of hydrogen-bond donors (Lipinski definition) is 0. The van der Waals surface area contributed by atoms with Gasteiger partial charge in [0.2, 0.25) is 5.78 Å². The van der Waals surface area contributed by atoms with Crippen molar-refractivity contribution >= 4 is 34.0 Å². The fourth-order valence-electron chi connectivity index (χ4n) is 4.51. The summed E-state index contributed by atoms with van der Waals surface area (Å²) in [5.41, 5.74) is 5.91. The van der Waals surface area contributed by atoms with E-state index in [4.69, 9.17) is 0 Å². The molecule has 0 amide bonds. The van der Waals surface area contributed by atoms with E-state index in [2.05, 4.69) is 16.3 Å². The fourth-order valence-corrected chi connectivity index (χ4v) is 5.42. The first-order valence-electron chi connectivity index (χ1n) is 11.1. The zero-order valence-electron chi connectivity index (χ0n) is 19.1. The van der Waals surface area contributed by atoms with E-state index in [1.165, 1.54) is 11.8 Å². The van der Waals surface area contributed by atoms with Crippen LogP contribution < -0.4 is 5.56 Å². The van der Waals surface area contributed by atoms with E-state index in [9.17, 15) is 10.1 Å². The smallest absolute Gasteiger partial charge is 0.267 e. The molecule has 4 heterocycles. The van der Waals surface area contributed by atoms with Gasteiger partial charge in [-0.05, 0) is 60.9 Å². The van der Waals surface area contributed by atoms with E-state index in [-0.39, 0.29) is 5.56 Å². The lowest BCUT2D eigenvalue weighted by molar-refractivity contribution is 0.927. The molecule has 0 N–H and O–H groups in total. The van der Waals surface area contributed by atoms with Gasteiger partial charge in [-0.15, -0.1) is 10.2 Å². The van der Waals surface area contributed by atoms with Crippen molar-refractivity contribution in [3.8, 4) is 11.8 Å². The number of thioether (sulfide) groups is 1. The molecule has 0 atom stereocenters. The van der Waals surface area contributed by atoms with Crippen molar-refractivity contribution in [2.45, 2.75) is 24.8 Å². The summed E-state index contributed by atoms with van der Waals surface area (Å²) in [6.07, 6.45) is 3.92. The van der Waals surface area contributed by atoms with Crippen LogP contribution in [0.4, 0.5) is 0 Å². The van der Waals surface area contributed by atoms with E-state index >= 15 is 0 Å². The minimum Gasteiger partial charge on any atom is -0.322 e. The van der Waals surface area contributed by atoms with Gasteiger partial charge in [0.05, 0.1) is 27.7 Å². The Balaban J connectivity index is 1.54. The van der Waals surface area contributed by atoms with Crippen molar-refractivity contribution in [1.82, 2.24) is 23.6 Å². The average Bonchev–Trinajstić information content (AvgIpc) is 3.46. The molecule has 0 spiro atoms. The third-order valence-corrected chi connectivity index (χ3v) is 7.21. The molecule has 0 aliphatic heterocycles. The highest BCUT2D eigenvalue weighted by Crippen LogP contribution is 2.29. The van der Waals surface area contributed by atoms with Crippen molar-refractivity contribution in [3.05, 3.63) is 106 Å². The van der Waals surface area contributed by atoms with E-state index in [0.717, 1.165) is 33.4 Å². The highest BCUT2D eigenvalue weighted by Gasteiger charge is 2.20. The Morgan fingerprint density at radius 1 is 1.00 bits per heavy atom. The molecular weight excluding hydrogens is 456 g/mol. The number of nitrogens with zero attached hydrogens (tertiary/aromatic N) is 6. The Hall–Kier alpha value is -4.35. The molecule has 170 valence electrons. The summed E-state index contributed by atoms with van der Waals surface area (Å²) in [4.78, 5) is 13.6. The molecule has 7 nitrogen and oxygen atoms in total. The summed E-state index contributed by atoms with van der Waals surface area (Å²) in [5, 5.41) is 20.0. The normalized spacial score (nSPS) is 11.5. The van der Waals surface area contributed by atoms with E-state index in [1.54, 1.807) is 4.57 Å². The lowest BCUT2D eigenvalue weighted by Gasteiger charge is -2.14. The Morgan fingerprint density at radius 3 is 2.66 bits per heavy atom. The predicted octanol–water partition coefficient (Wildman–Crippen LogP) is 5.07. The summed E-state index contributed by atoms with van der Waals surface area (Å²) < 4.78 is 5.55. The van der Waals surface area contributed by atoms with Gasteiger partial charge in [0.15, 0.2) is 5.16 Å². The molecule has 35 heavy (non-hydrogen) atoms. The first kappa shape index (κ1) is 21.2. The molecule has 8 heteroatoms. The van der Waals surface area contributed by atoms with Crippen molar-refractivity contribution < 1.29 is 0 Å². The van der Waals surface area contributed by atoms with Crippen LogP contribution in [0.15, 0.2) is 83.0 Å². The minimum absolute atomic E-state index is 0.129. The van der Waals surface area contributed by atoms with Gasteiger partial charge in [0.25, 0.3) is 5.56 Å². The van der Waals surface area contributed by atoms with E-state index < -0.39 is 0 Å². The molecule has 6 rings (SSSR count). The molecular formula is C27H20N6OS. The maximum atomic E-state index is 13.6. The number of pyridine rings is 1. The van der Waals surface area contributed by atoms with Gasteiger partial charge in [-0.1, -0.05) is 42.1 Å². The van der Waals surface area contributed by atoms with Crippen molar-refractivity contribution in [1.29, 1.82) is 5.26 Å². The SMILES string of the molecule is Cc1ccc(C)c(-n2c(=O)c3ccccc3n3c(SCc4cn5ccccc5c4C#N)nnc23)c1. The summed E-state index contributed by atoms with van der Waals surface area (Å²) in [6.45, 7) is 3.99. The number of hydrogen-bond acceptors (Lipinski definition) is 5. The number of aryl methyl sites for hydroxylation is 2. The number of nitriles is 1. The summed E-state index contributed by atoms with van der Waals surface area (Å²) in [5.74, 6) is 1.01. The molecule has 0 fully saturated rings. The van der Waals surface area contributed by atoms with Gasteiger partial charge in [-0.2, -0.15) is 5.26 Å². The van der Waals surface area contributed by atoms with Crippen LogP contribution in [-0.2, 0) is 5.75 Å². The monoisotopic (exact) mass is 476 g/mol. The molecule has 0 saturated heterocycles. The standard InChI is InChI=1S/C27H20N6OS/c1-17-10-11-18(2)24(13-17)32-25(34)20-7-3-4-9-23(20)33-26(32)29-30-27(33)35-16-19-15-31-12-6-5-8-22(31)21(19)14-28/h3-13,15H,16H2,1-2H3.